The lowest BCUT2D eigenvalue weighted by Crippen LogP contribution is -2.10. The fourth-order valence-electron chi connectivity index (χ4n) is 10.0. The first-order valence-corrected chi connectivity index (χ1v) is 24.0. The number of nitrogens with zero attached hydrogens (tertiary/aromatic N) is 2. The molecule has 2 heteroatoms. The van der Waals surface area contributed by atoms with Gasteiger partial charge in [0.05, 0.1) is 11.0 Å². The standard InChI is InChI=1S/C68H48N2/c1-2-16-29-63(68(55-22-10-4-11-23-55)56-24-12-5-13-25-56)64-48-61(45-39-54(64)21-7-1)69(59-41-35-51(36-42-59)49-19-8-3-9-20-49)60-43-37-52(38-44-60)50-31-33-53(34-32-50)57-40-46-67-65(47-57)62-28-17-18-30-66(62)70(67)58-26-14-6-15-27-58/h1-48H/b2-1-,21-7+,29-16+. The lowest BCUT2D eigenvalue weighted by molar-refractivity contribution is 1.18. The normalized spacial score (nSPS) is 13.5. The van der Waals surface area contributed by atoms with Crippen molar-refractivity contribution in [2.24, 2.45) is 0 Å². The number of aromatic nitrogens is 1. The van der Waals surface area contributed by atoms with Crippen LogP contribution in [-0.4, -0.2) is 4.57 Å². The number of hydrogen-bond donors (Lipinski definition) is 0. The number of fused-ring (bicyclic) bond motifs is 4. The number of anilines is 3. The molecule has 12 rings (SSSR count). The first kappa shape index (κ1) is 42.1. The minimum Gasteiger partial charge on any atom is -0.310 e. The van der Waals surface area contributed by atoms with E-state index in [1.54, 1.807) is 0 Å². The molecule has 0 aliphatic heterocycles. The molecular formula is C68H48N2. The van der Waals surface area contributed by atoms with Crippen molar-refractivity contribution in [1.82, 2.24) is 4.57 Å². The van der Waals surface area contributed by atoms with Crippen molar-refractivity contribution in [2.45, 2.75) is 0 Å². The van der Waals surface area contributed by atoms with Gasteiger partial charge in [-0.2, -0.15) is 0 Å². The Balaban J connectivity index is 0.932. The Morgan fingerprint density at radius 2 is 0.771 bits per heavy atom. The van der Waals surface area contributed by atoms with Crippen molar-refractivity contribution >= 4 is 56.1 Å². The molecule has 0 atom stereocenters. The second-order valence-electron chi connectivity index (χ2n) is 17.7. The number of rotatable bonds is 9. The smallest absolute Gasteiger partial charge is 0.0541 e. The number of benzene rings is 10. The Labute approximate surface area is 410 Å². The molecule has 0 fully saturated rings. The number of hydrogen-bond acceptors (Lipinski definition) is 1. The number of para-hydroxylation sites is 2. The lowest BCUT2D eigenvalue weighted by Gasteiger charge is -2.27. The molecule has 70 heavy (non-hydrogen) atoms. The van der Waals surface area contributed by atoms with Gasteiger partial charge in [0.2, 0.25) is 0 Å². The van der Waals surface area contributed by atoms with Crippen molar-refractivity contribution in [3.8, 4) is 39.1 Å². The molecule has 0 bridgehead atoms. The molecule has 0 amide bonds. The third-order valence-corrected chi connectivity index (χ3v) is 13.4. The first-order chi connectivity index (χ1) is 34.7. The summed E-state index contributed by atoms with van der Waals surface area (Å²) < 4.78 is 2.37. The molecule has 0 saturated carbocycles. The molecule has 0 spiro atoms. The molecule has 1 aliphatic carbocycles. The summed E-state index contributed by atoms with van der Waals surface area (Å²) in [5, 5.41) is 2.51. The van der Waals surface area contributed by atoms with Crippen LogP contribution in [0.2, 0.25) is 0 Å². The van der Waals surface area contributed by atoms with Gasteiger partial charge in [-0.3, -0.25) is 0 Å². The molecule has 0 unspecified atom stereocenters. The molecule has 330 valence electrons. The van der Waals surface area contributed by atoms with Gasteiger partial charge < -0.3 is 9.47 Å². The van der Waals surface area contributed by atoms with Crippen molar-refractivity contribution in [3.63, 3.8) is 0 Å². The van der Waals surface area contributed by atoms with Gasteiger partial charge in [0.25, 0.3) is 0 Å². The first-order valence-electron chi connectivity index (χ1n) is 24.0. The second kappa shape index (κ2) is 18.8. The maximum absolute atomic E-state index is 2.38. The van der Waals surface area contributed by atoms with Crippen LogP contribution in [0.25, 0.3) is 78.1 Å². The minimum atomic E-state index is 1.07. The Morgan fingerprint density at radius 1 is 0.314 bits per heavy atom. The summed E-state index contributed by atoms with van der Waals surface area (Å²) >= 11 is 0. The summed E-state index contributed by atoms with van der Waals surface area (Å²) in [4.78, 5) is 2.38. The van der Waals surface area contributed by atoms with E-state index in [1.165, 1.54) is 72.0 Å². The summed E-state index contributed by atoms with van der Waals surface area (Å²) in [5.74, 6) is 0. The van der Waals surface area contributed by atoms with Gasteiger partial charge in [-0.05, 0) is 134 Å². The maximum Gasteiger partial charge on any atom is 0.0541 e. The van der Waals surface area contributed by atoms with Crippen LogP contribution in [0.4, 0.5) is 17.1 Å². The Kier molecular flexibility index (Phi) is 11.3. The molecule has 10 aromatic carbocycles. The van der Waals surface area contributed by atoms with Gasteiger partial charge in [-0.25, -0.2) is 0 Å². The molecular weight excluding hydrogens is 845 g/mol. The average Bonchev–Trinajstić information content (AvgIpc) is 3.81. The molecule has 1 aromatic heterocycles. The molecule has 2 nitrogen and oxygen atoms in total. The Hall–Kier alpha value is -9.24. The summed E-state index contributed by atoms with van der Waals surface area (Å²) in [6, 6.07) is 92.2. The van der Waals surface area contributed by atoms with E-state index in [2.05, 4.69) is 301 Å². The zero-order valence-corrected chi connectivity index (χ0v) is 38.6. The van der Waals surface area contributed by atoms with Crippen LogP contribution in [-0.2, 0) is 0 Å². The number of allylic oxidation sites excluding steroid dienone is 6. The highest BCUT2D eigenvalue weighted by Crippen LogP contribution is 2.42. The highest BCUT2D eigenvalue weighted by molar-refractivity contribution is 6.10. The van der Waals surface area contributed by atoms with Gasteiger partial charge in [0.1, 0.15) is 0 Å². The minimum absolute atomic E-state index is 1.07. The fraction of sp³-hybridized carbons (Fsp3) is 0. The summed E-state index contributed by atoms with van der Waals surface area (Å²) in [6.45, 7) is 0. The summed E-state index contributed by atoms with van der Waals surface area (Å²) in [7, 11) is 0. The largest absolute Gasteiger partial charge is 0.310 e. The van der Waals surface area contributed by atoms with Crippen LogP contribution in [0.3, 0.4) is 0 Å². The van der Waals surface area contributed by atoms with E-state index in [4.69, 9.17) is 0 Å². The third kappa shape index (κ3) is 8.19. The van der Waals surface area contributed by atoms with Gasteiger partial charge in [-0.1, -0.05) is 225 Å². The van der Waals surface area contributed by atoms with E-state index < -0.39 is 0 Å². The van der Waals surface area contributed by atoms with E-state index in [1.807, 2.05) is 0 Å². The highest BCUT2D eigenvalue weighted by atomic mass is 15.1. The lowest BCUT2D eigenvalue weighted by atomic mass is 9.87. The predicted octanol–water partition coefficient (Wildman–Crippen LogP) is 18.4. The van der Waals surface area contributed by atoms with E-state index >= 15 is 0 Å². The maximum atomic E-state index is 2.38. The Morgan fingerprint density at radius 3 is 1.39 bits per heavy atom. The zero-order chi connectivity index (χ0) is 46.6. The van der Waals surface area contributed by atoms with E-state index in [0.29, 0.717) is 0 Å². The summed E-state index contributed by atoms with van der Waals surface area (Å²) in [5.41, 5.74) is 20.9. The monoisotopic (exact) mass is 892 g/mol. The van der Waals surface area contributed by atoms with E-state index in [-0.39, 0.29) is 0 Å². The van der Waals surface area contributed by atoms with E-state index in [9.17, 15) is 0 Å². The second-order valence-corrected chi connectivity index (χ2v) is 17.7. The molecule has 1 heterocycles. The van der Waals surface area contributed by atoms with Crippen LogP contribution in [0.15, 0.2) is 285 Å². The van der Waals surface area contributed by atoms with E-state index in [0.717, 1.165) is 39.3 Å². The highest BCUT2D eigenvalue weighted by Gasteiger charge is 2.20. The van der Waals surface area contributed by atoms with Crippen LogP contribution in [0.1, 0.15) is 22.3 Å². The third-order valence-electron chi connectivity index (χ3n) is 13.4. The molecule has 1 aliphatic rings. The van der Waals surface area contributed by atoms with Crippen molar-refractivity contribution < 1.29 is 0 Å². The van der Waals surface area contributed by atoms with Crippen LogP contribution in [0.5, 0.6) is 0 Å². The Bertz CT molecular complexity index is 3710. The molecule has 0 N–H and O–H groups in total. The zero-order valence-electron chi connectivity index (χ0n) is 38.6. The average molecular weight is 893 g/mol. The fourth-order valence-corrected chi connectivity index (χ4v) is 10.0. The van der Waals surface area contributed by atoms with Crippen LogP contribution in [0, 0.1) is 0 Å². The van der Waals surface area contributed by atoms with Gasteiger partial charge in [0, 0.05) is 33.5 Å². The quantitative estimate of drug-likeness (QED) is 0.140. The van der Waals surface area contributed by atoms with Crippen LogP contribution < -0.4 is 4.90 Å². The van der Waals surface area contributed by atoms with Crippen molar-refractivity contribution in [1.29, 1.82) is 0 Å². The van der Waals surface area contributed by atoms with Crippen LogP contribution >= 0.6 is 0 Å². The van der Waals surface area contributed by atoms with Gasteiger partial charge >= 0.3 is 0 Å². The summed E-state index contributed by atoms with van der Waals surface area (Å²) in [6.07, 6.45) is 13.0. The predicted molar refractivity (Wildman–Crippen MR) is 298 cm³/mol. The van der Waals surface area contributed by atoms with Crippen molar-refractivity contribution in [3.05, 3.63) is 307 Å². The van der Waals surface area contributed by atoms with Gasteiger partial charge in [-0.15, -0.1) is 0 Å². The van der Waals surface area contributed by atoms with Crippen molar-refractivity contribution in [2.75, 3.05) is 4.90 Å². The molecule has 0 radical (unpaired) electrons. The molecule has 0 saturated heterocycles. The van der Waals surface area contributed by atoms with Gasteiger partial charge in [0.15, 0.2) is 0 Å². The topological polar surface area (TPSA) is 8.17 Å². The molecule has 11 aromatic rings. The SMILES string of the molecule is C1=C\C=C\c2ccc(N(c3ccc(-c4ccccc4)cc3)c3ccc(-c4ccc(-c5ccc6c(c5)c5ccccc5n6-c5ccccc5)cc4)cc3)cc2C(=C(c2ccccc2)c2ccccc2)/C=C/1.